The summed E-state index contributed by atoms with van der Waals surface area (Å²) in [5.41, 5.74) is 2.02. The molecule has 0 aliphatic rings. The Bertz CT molecular complexity index is 667. The van der Waals surface area contributed by atoms with Crippen LogP contribution in [0.2, 0.25) is 0 Å². The van der Waals surface area contributed by atoms with Gasteiger partial charge in [-0.25, -0.2) is 4.79 Å². The predicted molar refractivity (Wildman–Crippen MR) is 75.4 cm³/mol. The summed E-state index contributed by atoms with van der Waals surface area (Å²) in [5.74, 6) is -1.26. The molecule has 2 rings (SSSR count). The number of carboxylic acid groups (broad SMARTS) is 1. The zero-order chi connectivity index (χ0) is 14.7. The quantitative estimate of drug-likeness (QED) is 0.902. The predicted octanol–water partition coefficient (Wildman–Crippen LogP) is 2.36. The van der Waals surface area contributed by atoms with Gasteiger partial charge < -0.3 is 10.4 Å². The van der Waals surface area contributed by atoms with Gasteiger partial charge in [0.15, 0.2) is 0 Å². The van der Waals surface area contributed by atoms with E-state index in [1.807, 2.05) is 6.92 Å². The van der Waals surface area contributed by atoms with Crippen molar-refractivity contribution in [2.45, 2.75) is 20.3 Å². The van der Waals surface area contributed by atoms with Crippen molar-refractivity contribution >= 4 is 29.1 Å². The molecule has 0 saturated heterocycles. The van der Waals surface area contributed by atoms with E-state index in [1.54, 1.807) is 19.1 Å². The van der Waals surface area contributed by atoms with E-state index in [2.05, 4.69) is 14.9 Å². The minimum atomic E-state index is -0.986. The fourth-order valence-corrected chi connectivity index (χ4v) is 2.43. The highest BCUT2D eigenvalue weighted by Gasteiger charge is 2.15. The maximum atomic E-state index is 12.1. The summed E-state index contributed by atoms with van der Waals surface area (Å²) in [6.45, 7) is 3.59. The van der Waals surface area contributed by atoms with Gasteiger partial charge in [-0.1, -0.05) is 11.4 Å². The molecule has 0 spiro atoms. The number of carbonyl (C=O) groups is 2. The molecule has 7 heteroatoms. The number of rotatable bonds is 4. The maximum absolute atomic E-state index is 12.1. The van der Waals surface area contributed by atoms with Crippen LogP contribution in [0, 0.1) is 6.92 Å². The van der Waals surface area contributed by atoms with Crippen molar-refractivity contribution in [3.8, 4) is 0 Å². The van der Waals surface area contributed by atoms with E-state index in [1.165, 1.54) is 6.07 Å². The van der Waals surface area contributed by atoms with Gasteiger partial charge in [0.25, 0.3) is 5.91 Å². The molecule has 0 saturated carbocycles. The number of nitrogens with zero attached hydrogens (tertiary/aromatic N) is 2. The normalized spacial score (nSPS) is 10.3. The lowest BCUT2D eigenvalue weighted by atomic mass is 10.1. The van der Waals surface area contributed by atoms with Gasteiger partial charge in [-0.15, -0.1) is 5.10 Å². The molecular formula is C13H13N3O3S. The van der Waals surface area contributed by atoms with E-state index < -0.39 is 5.97 Å². The van der Waals surface area contributed by atoms with E-state index in [-0.39, 0.29) is 11.5 Å². The molecular weight excluding hydrogens is 278 g/mol. The third kappa shape index (κ3) is 2.83. The number of carbonyl (C=O) groups excluding carboxylic acids is 1. The summed E-state index contributed by atoms with van der Waals surface area (Å²) in [7, 11) is 0. The lowest BCUT2D eigenvalue weighted by molar-refractivity contribution is 0.0696. The van der Waals surface area contributed by atoms with Crippen LogP contribution in [-0.2, 0) is 6.42 Å². The maximum Gasteiger partial charge on any atom is 0.335 e. The van der Waals surface area contributed by atoms with Crippen LogP contribution in [0.4, 0.5) is 5.69 Å². The number of anilines is 1. The zero-order valence-electron chi connectivity index (χ0n) is 11.0. The number of benzene rings is 1. The highest BCUT2D eigenvalue weighted by atomic mass is 32.1. The van der Waals surface area contributed by atoms with Crippen molar-refractivity contribution in [2.75, 3.05) is 5.32 Å². The van der Waals surface area contributed by atoms with Gasteiger partial charge in [-0.05, 0) is 48.6 Å². The van der Waals surface area contributed by atoms with E-state index in [9.17, 15) is 9.59 Å². The second kappa shape index (κ2) is 5.79. The summed E-state index contributed by atoms with van der Waals surface area (Å²) in [6, 6.07) is 4.66. The SMILES string of the molecule is CCc1nnsc1C(=O)Nc1ccc(C(=O)O)c(C)c1. The number of aryl methyl sites for hydroxylation is 2. The first-order valence-corrected chi connectivity index (χ1v) is 6.76. The molecule has 1 aromatic carbocycles. The first kappa shape index (κ1) is 14.1. The molecule has 1 heterocycles. The topological polar surface area (TPSA) is 92.2 Å². The molecule has 1 aromatic heterocycles. The van der Waals surface area contributed by atoms with Gasteiger partial charge in [-0.2, -0.15) is 0 Å². The first-order chi connectivity index (χ1) is 9.52. The van der Waals surface area contributed by atoms with Crippen molar-refractivity contribution in [1.29, 1.82) is 0 Å². The van der Waals surface area contributed by atoms with Crippen molar-refractivity contribution in [2.24, 2.45) is 0 Å². The van der Waals surface area contributed by atoms with Crippen LogP contribution in [-0.4, -0.2) is 26.6 Å². The minimum absolute atomic E-state index is 0.219. The lowest BCUT2D eigenvalue weighted by Gasteiger charge is -2.07. The fraction of sp³-hybridized carbons (Fsp3) is 0.231. The fourth-order valence-electron chi connectivity index (χ4n) is 1.78. The average molecular weight is 291 g/mol. The van der Waals surface area contributed by atoms with Crippen LogP contribution in [0.5, 0.6) is 0 Å². The van der Waals surface area contributed by atoms with Crippen LogP contribution >= 0.6 is 11.5 Å². The number of amides is 1. The summed E-state index contributed by atoms with van der Waals surface area (Å²) in [4.78, 5) is 23.5. The number of nitrogens with one attached hydrogen (secondary N) is 1. The van der Waals surface area contributed by atoms with Gasteiger partial charge in [-0.3, -0.25) is 4.79 Å². The highest BCUT2D eigenvalue weighted by Crippen LogP contribution is 2.18. The zero-order valence-corrected chi connectivity index (χ0v) is 11.8. The molecule has 0 bridgehead atoms. The summed E-state index contributed by atoms with van der Waals surface area (Å²) in [6.07, 6.45) is 0.635. The third-order valence-electron chi connectivity index (χ3n) is 2.81. The van der Waals surface area contributed by atoms with Gasteiger partial charge in [0, 0.05) is 5.69 Å². The largest absolute Gasteiger partial charge is 0.478 e. The Labute approximate surface area is 119 Å². The molecule has 0 aliphatic heterocycles. The Morgan fingerprint density at radius 3 is 2.75 bits per heavy atom. The summed E-state index contributed by atoms with van der Waals surface area (Å²) < 4.78 is 3.76. The number of aromatic carboxylic acids is 1. The highest BCUT2D eigenvalue weighted by molar-refractivity contribution is 7.08. The van der Waals surface area contributed by atoms with E-state index >= 15 is 0 Å². The second-order valence-corrected chi connectivity index (χ2v) is 4.95. The van der Waals surface area contributed by atoms with Gasteiger partial charge in [0.2, 0.25) is 0 Å². The molecule has 0 aliphatic carbocycles. The molecule has 0 radical (unpaired) electrons. The van der Waals surface area contributed by atoms with Crippen LogP contribution in [0.15, 0.2) is 18.2 Å². The molecule has 0 unspecified atom stereocenters. The van der Waals surface area contributed by atoms with E-state index in [0.29, 0.717) is 28.2 Å². The van der Waals surface area contributed by atoms with Crippen LogP contribution in [0.3, 0.4) is 0 Å². The van der Waals surface area contributed by atoms with E-state index in [4.69, 9.17) is 5.11 Å². The molecule has 1 amide bonds. The van der Waals surface area contributed by atoms with Crippen molar-refractivity contribution in [1.82, 2.24) is 9.59 Å². The number of hydrogen-bond donors (Lipinski definition) is 2. The van der Waals surface area contributed by atoms with Crippen molar-refractivity contribution in [3.63, 3.8) is 0 Å². The Morgan fingerprint density at radius 2 is 2.15 bits per heavy atom. The lowest BCUT2D eigenvalue weighted by Crippen LogP contribution is -2.13. The van der Waals surface area contributed by atoms with Gasteiger partial charge in [0.1, 0.15) is 4.88 Å². The molecule has 2 aromatic rings. The molecule has 6 nitrogen and oxygen atoms in total. The first-order valence-electron chi connectivity index (χ1n) is 5.99. The number of hydrogen-bond acceptors (Lipinski definition) is 5. The average Bonchev–Trinajstić information content (AvgIpc) is 2.86. The summed E-state index contributed by atoms with van der Waals surface area (Å²) in [5, 5.41) is 15.6. The molecule has 20 heavy (non-hydrogen) atoms. The van der Waals surface area contributed by atoms with Gasteiger partial charge >= 0.3 is 5.97 Å². The number of aromatic nitrogens is 2. The molecule has 0 fully saturated rings. The monoisotopic (exact) mass is 291 g/mol. The smallest absolute Gasteiger partial charge is 0.335 e. The Kier molecular flexibility index (Phi) is 4.09. The second-order valence-electron chi connectivity index (χ2n) is 4.19. The number of carboxylic acids is 1. The van der Waals surface area contributed by atoms with E-state index in [0.717, 1.165) is 11.5 Å². The Morgan fingerprint density at radius 1 is 1.40 bits per heavy atom. The standard InChI is InChI=1S/C13H13N3O3S/c1-3-10-11(20-16-15-10)12(17)14-8-4-5-9(13(18)19)7(2)6-8/h4-6H,3H2,1-2H3,(H,14,17)(H,18,19). The van der Waals surface area contributed by atoms with Crippen molar-refractivity contribution in [3.05, 3.63) is 39.9 Å². The van der Waals surface area contributed by atoms with Gasteiger partial charge in [0.05, 0.1) is 11.3 Å². The molecule has 104 valence electrons. The molecule has 0 atom stereocenters. The van der Waals surface area contributed by atoms with Crippen molar-refractivity contribution < 1.29 is 14.7 Å². The van der Waals surface area contributed by atoms with Crippen LogP contribution < -0.4 is 5.32 Å². The Balaban J connectivity index is 2.20. The molecule has 2 N–H and O–H groups in total. The summed E-state index contributed by atoms with van der Waals surface area (Å²) >= 11 is 1.05. The Hall–Kier alpha value is -2.28. The minimum Gasteiger partial charge on any atom is -0.478 e. The van der Waals surface area contributed by atoms with Crippen LogP contribution in [0.1, 0.15) is 38.2 Å². The van der Waals surface area contributed by atoms with Crippen LogP contribution in [0.25, 0.3) is 0 Å². The third-order valence-corrected chi connectivity index (χ3v) is 3.58.